The summed E-state index contributed by atoms with van der Waals surface area (Å²) in [5, 5.41) is 0. The fourth-order valence-electron chi connectivity index (χ4n) is 2.32. The van der Waals surface area contributed by atoms with Gasteiger partial charge in [0.05, 0.1) is 5.56 Å². The van der Waals surface area contributed by atoms with E-state index in [1.807, 2.05) is 0 Å². The van der Waals surface area contributed by atoms with E-state index in [2.05, 4.69) is 0 Å². The molecule has 0 amide bonds. The maximum absolute atomic E-state index is 14.4. The number of nitrogens with two attached hydrogens (primary N) is 1. The van der Waals surface area contributed by atoms with Gasteiger partial charge in [-0.2, -0.15) is 13.2 Å². The highest BCUT2D eigenvalue weighted by Crippen LogP contribution is 2.43. The van der Waals surface area contributed by atoms with Crippen molar-refractivity contribution >= 4 is 0 Å². The summed E-state index contributed by atoms with van der Waals surface area (Å²) < 4.78 is 64.8. The lowest BCUT2D eigenvalue weighted by Crippen LogP contribution is -2.22. The Kier molecular flexibility index (Phi) is 3.09. The average Bonchev–Trinajstić information content (AvgIpc) is 2.58. The lowest BCUT2D eigenvalue weighted by molar-refractivity contribution is -0.140. The van der Waals surface area contributed by atoms with Crippen LogP contribution in [0.3, 0.4) is 0 Å². The molecule has 0 bridgehead atoms. The predicted octanol–water partition coefficient (Wildman–Crippen LogP) is 3.52. The third-order valence-electron chi connectivity index (χ3n) is 3.29. The van der Waals surface area contributed by atoms with Crippen LogP contribution in [0.1, 0.15) is 30.4 Å². The van der Waals surface area contributed by atoms with E-state index in [9.17, 15) is 22.0 Å². The van der Waals surface area contributed by atoms with E-state index in [0.717, 1.165) is 6.07 Å². The lowest BCUT2D eigenvalue weighted by atomic mass is 9.93. The summed E-state index contributed by atoms with van der Waals surface area (Å²) in [5.41, 5.74) is 2.31. The molecule has 0 heterocycles. The first kappa shape index (κ1) is 13.3. The number of benzene rings is 1. The normalized spacial score (nSPS) is 28.7. The summed E-state index contributed by atoms with van der Waals surface area (Å²) in [7, 11) is 0. The van der Waals surface area contributed by atoms with Crippen molar-refractivity contribution < 1.29 is 22.0 Å². The quantitative estimate of drug-likeness (QED) is 0.772. The molecule has 2 rings (SSSR count). The number of alkyl halides is 4. The van der Waals surface area contributed by atoms with Crippen LogP contribution >= 0.6 is 0 Å². The van der Waals surface area contributed by atoms with E-state index >= 15 is 0 Å². The number of rotatable bonds is 1. The van der Waals surface area contributed by atoms with Crippen molar-refractivity contribution in [3.8, 4) is 0 Å². The Hall–Kier alpha value is -1.17. The second-order valence-corrected chi connectivity index (χ2v) is 4.66. The van der Waals surface area contributed by atoms with Crippen LogP contribution in [0.5, 0.6) is 0 Å². The minimum atomic E-state index is -4.77. The Morgan fingerprint density at radius 1 is 1.28 bits per heavy atom. The molecule has 1 aromatic rings. The maximum atomic E-state index is 14.4. The van der Waals surface area contributed by atoms with Gasteiger partial charge in [-0.25, -0.2) is 8.78 Å². The van der Waals surface area contributed by atoms with Crippen molar-refractivity contribution in [2.24, 2.45) is 5.73 Å². The van der Waals surface area contributed by atoms with Gasteiger partial charge in [0.1, 0.15) is 11.5 Å². The topological polar surface area (TPSA) is 26.0 Å². The summed E-state index contributed by atoms with van der Waals surface area (Å²) in [5.74, 6) is -1.45. The minimum Gasteiger partial charge on any atom is -0.328 e. The van der Waals surface area contributed by atoms with Gasteiger partial charge in [-0.1, -0.05) is 6.07 Å². The zero-order chi connectivity index (χ0) is 13.6. The molecular formula is C12H12F5N. The standard InChI is InChI=1S/C12H12F5N/c13-10-5-7(1-2-9(10)12(15,16)17)11(14)4-3-8(18)6-11/h1-2,5,8H,3-4,6,18H2. The van der Waals surface area contributed by atoms with Crippen LogP contribution in [0, 0.1) is 5.82 Å². The van der Waals surface area contributed by atoms with E-state index in [0.29, 0.717) is 18.6 Å². The van der Waals surface area contributed by atoms with Gasteiger partial charge in [0, 0.05) is 12.5 Å². The molecule has 1 nitrogen and oxygen atoms in total. The molecule has 0 spiro atoms. The third-order valence-corrected chi connectivity index (χ3v) is 3.29. The SMILES string of the molecule is NC1CCC(F)(c2ccc(C(F)(F)F)c(F)c2)C1. The van der Waals surface area contributed by atoms with Crippen LogP contribution < -0.4 is 5.73 Å². The lowest BCUT2D eigenvalue weighted by Gasteiger charge is -2.21. The molecule has 1 fully saturated rings. The summed E-state index contributed by atoms with van der Waals surface area (Å²) in [6, 6.07) is 1.86. The molecule has 6 heteroatoms. The van der Waals surface area contributed by atoms with Gasteiger partial charge in [-0.3, -0.25) is 0 Å². The minimum absolute atomic E-state index is 0.0117. The first-order chi connectivity index (χ1) is 8.22. The molecule has 1 aliphatic rings. The van der Waals surface area contributed by atoms with Crippen LogP contribution in [-0.4, -0.2) is 6.04 Å². The second kappa shape index (κ2) is 4.19. The molecule has 2 N–H and O–H groups in total. The molecule has 0 radical (unpaired) electrons. The van der Waals surface area contributed by atoms with Gasteiger partial charge in [-0.05, 0) is 30.5 Å². The molecule has 0 saturated heterocycles. The van der Waals surface area contributed by atoms with E-state index in [4.69, 9.17) is 5.73 Å². The van der Waals surface area contributed by atoms with Gasteiger partial charge in [0.25, 0.3) is 0 Å². The Bertz CT molecular complexity index is 456. The number of hydrogen-bond acceptors (Lipinski definition) is 1. The molecule has 18 heavy (non-hydrogen) atoms. The van der Waals surface area contributed by atoms with E-state index in [1.54, 1.807) is 0 Å². The molecule has 100 valence electrons. The highest BCUT2D eigenvalue weighted by atomic mass is 19.4. The Morgan fingerprint density at radius 2 is 1.94 bits per heavy atom. The van der Waals surface area contributed by atoms with Crippen LogP contribution in [0.25, 0.3) is 0 Å². The first-order valence-electron chi connectivity index (χ1n) is 5.54. The van der Waals surface area contributed by atoms with Gasteiger partial charge in [-0.15, -0.1) is 0 Å². The summed E-state index contributed by atoms with van der Waals surface area (Å²) in [4.78, 5) is 0. The van der Waals surface area contributed by atoms with Crippen molar-refractivity contribution in [3.63, 3.8) is 0 Å². The van der Waals surface area contributed by atoms with Gasteiger partial charge in [0.15, 0.2) is 0 Å². The van der Waals surface area contributed by atoms with Gasteiger partial charge >= 0.3 is 6.18 Å². The molecule has 1 aliphatic carbocycles. The monoisotopic (exact) mass is 265 g/mol. The average molecular weight is 265 g/mol. The zero-order valence-corrected chi connectivity index (χ0v) is 9.40. The van der Waals surface area contributed by atoms with Crippen molar-refractivity contribution in [3.05, 3.63) is 35.1 Å². The van der Waals surface area contributed by atoms with Crippen LogP contribution in [0.2, 0.25) is 0 Å². The van der Waals surface area contributed by atoms with Crippen molar-refractivity contribution in [2.45, 2.75) is 37.1 Å². The summed E-state index contributed by atoms with van der Waals surface area (Å²) >= 11 is 0. The predicted molar refractivity (Wildman–Crippen MR) is 56.0 cm³/mol. The van der Waals surface area contributed by atoms with Crippen LogP contribution in [0.15, 0.2) is 18.2 Å². The highest BCUT2D eigenvalue weighted by molar-refractivity contribution is 5.31. The Balaban J connectivity index is 2.35. The van der Waals surface area contributed by atoms with E-state index in [1.165, 1.54) is 0 Å². The molecular weight excluding hydrogens is 253 g/mol. The number of hydrogen-bond donors (Lipinski definition) is 1. The molecule has 1 saturated carbocycles. The molecule has 0 aliphatic heterocycles. The fraction of sp³-hybridized carbons (Fsp3) is 0.500. The van der Waals surface area contributed by atoms with Crippen molar-refractivity contribution in [1.29, 1.82) is 0 Å². The summed E-state index contributed by atoms with van der Waals surface area (Å²) in [6.45, 7) is 0. The maximum Gasteiger partial charge on any atom is 0.419 e. The van der Waals surface area contributed by atoms with Crippen molar-refractivity contribution in [2.75, 3.05) is 0 Å². The fourth-order valence-corrected chi connectivity index (χ4v) is 2.32. The second-order valence-electron chi connectivity index (χ2n) is 4.66. The highest BCUT2D eigenvalue weighted by Gasteiger charge is 2.41. The molecule has 0 aromatic heterocycles. The van der Waals surface area contributed by atoms with E-state index in [-0.39, 0.29) is 24.4 Å². The van der Waals surface area contributed by atoms with Crippen LogP contribution in [-0.2, 0) is 11.8 Å². The smallest absolute Gasteiger partial charge is 0.328 e. The zero-order valence-electron chi connectivity index (χ0n) is 9.40. The Labute approximate surface area is 101 Å². The molecule has 1 aromatic carbocycles. The summed E-state index contributed by atoms with van der Waals surface area (Å²) in [6.07, 6.45) is -4.20. The third kappa shape index (κ3) is 2.34. The van der Waals surface area contributed by atoms with Crippen LogP contribution in [0.4, 0.5) is 22.0 Å². The van der Waals surface area contributed by atoms with E-state index < -0.39 is 23.2 Å². The van der Waals surface area contributed by atoms with Gasteiger partial charge in [0.2, 0.25) is 0 Å². The van der Waals surface area contributed by atoms with Crippen molar-refractivity contribution in [1.82, 2.24) is 0 Å². The Morgan fingerprint density at radius 3 is 2.39 bits per heavy atom. The van der Waals surface area contributed by atoms with Gasteiger partial charge < -0.3 is 5.73 Å². The largest absolute Gasteiger partial charge is 0.419 e. The molecule has 2 atom stereocenters. The number of halogens is 5. The molecule has 2 unspecified atom stereocenters. The first-order valence-corrected chi connectivity index (χ1v) is 5.54.